The number of hydrogen-bond acceptors (Lipinski definition) is 3. The first-order valence-electron chi connectivity index (χ1n) is 6.96. The van der Waals surface area contributed by atoms with E-state index < -0.39 is 24.5 Å². The number of benzene rings is 2. The van der Waals surface area contributed by atoms with Gasteiger partial charge in [0.05, 0.1) is 11.7 Å². The van der Waals surface area contributed by atoms with Crippen LogP contribution in [0.15, 0.2) is 42.6 Å². The highest BCUT2D eigenvalue weighted by molar-refractivity contribution is 5.96. The van der Waals surface area contributed by atoms with Crippen molar-refractivity contribution in [2.45, 2.75) is 12.7 Å². The van der Waals surface area contributed by atoms with Gasteiger partial charge in [0.2, 0.25) is 0 Å². The number of carboxylic acid groups (broad SMARTS) is 1. The molecule has 0 bridgehead atoms. The van der Waals surface area contributed by atoms with Crippen LogP contribution in [0.1, 0.15) is 10.4 Å². The van der Waals surface area contributed by atoms with Gasteiger partial charge in [-0.25, -0.2) is 9.18 Å². The lowest BCUT2D eigenvalue weighted by Gasteiger charge is -2.11. The zero-order valence-corrected chi connectivity index (χ0v) is 12.4. The summed E-state index contributed by atoms with van der Waals surface area (Å²) in [5, 5.41) is 13.2. The molecule has 0 atom stereocenters. The van der Waals surface area contributed by atoms with E-state index in [4.69, 9.17) is 4.74 Å². The van der Waals surface area contributed by atoms with Crippen LogP contribution < -0.4 is 4.74 Å². The SMILES string of the molecule is O=C(O)c1cc2c(cnn2CC(F)(F)F)cc1Oc1ccc(F)cc1. The smallest absolute Gasteiger partial charge is 0.408 e. The second kappa shape index (κ2) is 6.08. The van der Waals surface area contributed by atoms with Gasteiger partial charge in [0.1, 0.15) is 29.4 Å². The number of carboxylic acids is 1. The highest BCUT2D eigenvalue weighted by Crippen LogP contribution is 2.31. The molecule has 0 aliphatic carbocycles. The third-order valence-electron chi connectivity index (χ3n) is 3.34. The van der Waals surface area contributed by atoms with Crippen LogP contribution in [0.25, 0.3) is 10.9 Å². The van der Waals surface area contributed by atoms with Crippen molar-refractivity contribution in [1.29, 1.82) is 0 Å². The molecule has 0 aliphatic rings. The quantitative estimate of drug-likeness (QED) is 0.712. The molecule has 2 aromatic carbocycles. The Morgan fingerprint density at radius 2 is 1.88 bits per heavy atom. The second-order valence-corrected chi connectivity index (χ2v) is 5.19. The largest absolute Gasteiger partial charge is 0.478 e. The van der Waals surface area contributed by atoms with Crippen molar-refractivity contribution in [1.82, 2.24) is 9.78 Å². The van der Waals surface area contributed by atoms with E-state index in [1.807, 2.05) is 0 Å². The van der Waals surface area contributed by atoms with E-state index in [9.17, 15) is 27.5 Å². The summed E-state index contributed by atoms with van der Waals surface area (Å²) < 4.78 is 56.8. The summed E-state index contributed by atoms with van der Waals surface area (Å²) in [5.41, 5.74) is -0.318. The second-order valence-electron chi connectivity index (χ2n) is 5.19. The van der Waals surface area contributed by atoms with Crippen LogP contribution in [0.3, 0.4) is 0 Å². The normalized spacial score (nSPS) is 11.7. The number of aromatic carboxylic acids is 1. The minimum Gasteiger partial charge on any atom is -0.478 e. The first-order valence-corrected chi connectivity index (χ1v) is 6.96. The molecular formula is C16H10F4N2O3. The van der Waals surface area contributed by atoms with Crippen molar-refractivity contribution >= 4 is 16.9 Å². The van der Waals surface area contributed by atoms with E-state index in [1.165, 1.54) is 24.4 Å². The Hall–Kier alpha value is -3.10. The van der Waals surface area contributed by atoms with E-state index in [0.29, 0.717) is 4.68 Å². The molecule has 3 rings (SSSR count). The lowest BCUT2D eigenvalue weighted by atomic mass is 10.1. The van der Waals surface area contributed by atoms with Gasteiger partial charge >= 0.3 is 12.1 Å². The molecule has 3 aromatic rings. The van der Waals surface area contributed by atoms with Crippen molar-refractivity contribution in [2.24, 2.45) is 0 Å². The minimum absolute atomic E-state index is 0.0150. The third kappa shape index (κ3) is 3.70. The summed E-state index contributed by atoms with van der Waals surface area (Å²) in [7, 11) is 0. The van der Waals surface area contributed by atoms with Crippen LogP contribution in [0.5, 0.6) is 11.5 Å². The number of rotatable bonds is 4. The topological polar surface area (TPSA) is 64.3 Å². The van der Waals surface area contributed by atoms with Gasteiger partial charge in [-0.2, -0.15) is 18.3 Å². The molecule has 0 saturated heterocycles. The summed E-state index contributed by atoms with van der Waals surface area (Å²) >= 11 is 0. The average molecular weight is 354 g/mol. The summed E-state index contributed by atoms with van der Waals surface area (Å²) in [4.78, 5) is 11.4. The molecule has 0 aliphatic heterocycles. The zero-order chi connectivity index (χ0) is 18.2. The molecule has 9 heteroatoms. The average Bonchev–Trinajstić information content (AvgIpc) is 2.89. The lowest BCUT2D eigenvalue weighted by Crippen LogP contribution is -2.18. The molecular weight excluding hydrogens is 344 g/mol. The molecule has 1 heterocycles. The van der Waals surface area contributed by atoms with Crippen LogP contribution >= 0.6 is 0 Å². The monoisotopic (exact) mass is 354 g/mol. The number of halogens is 4. The molecule has 0 unspecified atom stereocenters. The van der Waals surface area contributed by atoms with E-state index >= 15 is 0 Å². The predicted molar refractivity (Wildman–Crippen MR) is 79.2 cm³/mol. The van der Waals surface area contributed by atoms with Crippen molar-refractivity contribution in [2.75, 3.05) is 0 Å². The first kappa shape index (κ1) is 16.7. The van der Waals surface area contributed by atoms with E-state index in [0.717, 1.165) is 18.2 Å². The van der Waals surface area contributed by atoms with Crippen LogP contribution in [0, 0.1) is 5.82 Å². The van der Waals surface area contributed by atoms with Gasteiger partial charge in [-0.1, -0.05) is 0 Å². The number of nitrogens with zero attached hydrogens (tertiary/aromatic N) is 2. The molecule has 0 spiro atoms. The predicted octanol–water partition coefficient (Wildman–Crippen LogP) is 4.23. The number of ether oxygens (including phenoxy) is 1. The minimum atomic E-state index is -4.49. The Bertz CT molecular complexity index is 933. The van der Waals surface area contributed by atoms with Gasteiger partial charge in [-0.05, 0) is 36.4 Å². The third-order valence-corrected chi connectivity index (χ3v) is 3.34. The summed E-state index contributed by atoms with van der Waals surface area (Å²) in [5.74, 6) is -1.77. The molecule has 0 amide bonds. The molecule has 0 saturated carbocycles. The van der Waals surface area contributed by atoms with Gasteiger partial charge in [-0.3, -0.25) is 4.68 Å². The Balaban J connectivity index is 2.05. The van der Waals surface area contributed by atoms with Crippen LogP contribution in [-0.4, -0.2) is 27.0 Å². The molecule has 1 aromatic heterocycles. The Morgan fingerprint density at radius 3 is 2.48 bits per heavy atom. The summed E-state index contributed by atoms with van der Waals surface area (Å²) in [6.45, 7) is -1.34. The number of hydrogen-bond donors (Lipinski definition) is 1. The molecule has 1 N–H and O–H groups in total. The molecule has 130 valence electrons. The first-order chi connectivity index (χ1) is 11.7. The maximum Gasteiger partial charge on any atom is 0.408 e. The highest BCUT2D eigenvalue weighted by atomic mass is 19.4. The fraction of sp³-hybridized carbons (Fsp3) is 0.125. The summed E-state index contributed by atoms with van der Waals surface area (Å²) in [6, 6.07) is 7.22. The summed E-state index contributed by atoms with van der Waals surface area (Å²) in [6.07, 6.45) is -3.31. The number of fused-ring (bicyclic) bond motifs is 1. The van der Waals surface area contributed by atoms with Gasteiger partial charge in [-0.15, -0.1) is 0 Å². The van der Waals surface area contributed by atoms with Gasteiger partial charge in [0.15, 0.2) is 0 Å². The Morgan fingerprint density at radius 1 is 1.20 bits per heavy atom. The lowest BCUT2D eigenvalue weighted by molar-refractivity contribution is -0.141. The van der Waals surface area contributed by atoms with Gasteiger partial charge in [0, 0.05) is 5.39 Å². The van der Waals surface area contributed by atoms with E-state index in [-0.39, 0.29) is 28.0 Å². The molecule has 5 nitrogen and oxygen atoms in total. The van der Waals surface area contributed by atoms with Crippen LogP contribution in [-0.2, 0) is 6.54 Å². The molecule has 0 radical (unpaired) electrons. The molecule has 25 heavy (non-hydrogen) atoms. The zero-order valence-electron chi connectivity index (χ0n) is 12.4. The fourth-order valence-electron chi connectivity index (χ4n) is 2.28. The standard InChI is InChI=1S/C16H10F4N2O3/c17-10-1-3-11(4-2-10)25-14-5-9-7-21-22(8-16(18,19)20)13(9)6-12(14)15(23)24/h1-7H,8H2,(H,23,24). The highest BCUT2D eigenvalue weighted by Gasteiger charge is 2.29. The Labute approximate surface area is 138 Å². The number of carbonyl (C=O) groups is 1. The maximum absolute atomic E-state index is 12.9. The van der Waals surface area contributed by atoms with Crippen molar-refractivity contribution in [3.63, 3.8) is 0 Å². The number of aromatic nitrogens is 2. The number of alkyl halides is 3. The Kier molecular flexibility index (Phi) is 4.07. The fourth-order valence-corrected chi connectivity index (χ4v) is 2.28. The van der Waals surface area contributed by atoms with E-state index in [1.54, 1.807) is 0 Å². The maximum atomic E-state index is 12.9. The van der Waals surface area contributed by atoms with E-state index in [2.05, 4.69) is 5.10 Å². The van der Waals surface area contributed by atoms with Gasteiger partial charge < -0.3 is 9.84 Å². The van der Waals surface area contributed by atoms with Crippen molar-refractivity contribution in [3.8, 4) is 11.5 Å². The van der Waals surface area contributed by atoms with Crippen LogP contribution in [0.2, 0.25) is 0 Å². The van der Waals surface area contributed by atoms with Gasteiger partial charge in [0.25, 0.3) is 0 Å². The van der Waals surface area contributed by atoms with Crippen molar-refractivity contribution < 1.29 is 32.2 Å². The molecule has 0 fully saturated rings. The van der Waals surface area contributed by atoms with Crippen LogP contribution in [0.4, 0.5) is 17.6 Å². The van der Waals surface area contributed by atoms with Crippen molar-refractivity contribution in [3.05, 3.63) is 54.0 Å².